The second-order valence-corrected chi connectivity index (χ2v) is 9.77. The molecule has 0 fully saturated rings. The molecule has 0 bridgehead atoms. The highest BCUT2D eigenvalue weighted by atomic mass is 79.9. The first kappa shape index (κ1) is 18.2. The summed E-state index contributed by atoms with van der Waals surface area (Å²) < 4.78 is 48.9. The van der Waals surface area contributed by atoms with E-state index >= 15 is 0 Å². The lowest BCUT2D eigenvalue weighted by Gasteiger charge is -2.10. The molecule has 0 aliphatic rings. The van der Waals surface area contributed by atoms with Gasteiger partial charge in [0.25, 0.3) is 0 Å². The lowest BCUT2D eigenvalue weighted by atomic mass is 10.4. The van der Waals surface area contributed by atoms with Crippen molar-refractivity contribution in [2.24, 2.45) is 0 Å². The molecule has 0 spiro atoms. The highest BCUT2D eigenvalue weighted by molar-refractivity contribution is 9.10. The van der Waals surface area contributed by atoms with Crippen molar-refractivity contribution in [3.63, 3.8) is 0 Å². The van der Waals surface area contributed by atoms with Gasteiger partial charge in [-0.25, -0.2) is 21.6 Å². The fourth-order valence-electron chi connectivity index (χ4n) is 1.40. The van der Waals surface area contributed by atoms with Crippen LogP contribution in [0.15, 0.2) is 21.5 Å². The maximum Gasteiger partial charge on any atom is 0.243 e. The molecule has 1 N–H and O–H groups in total. The molecule has 1 rings (SSSR count). The minimum atomic E-state index is -3.89. The number of rotatable bonds is 6. The zero-order chi connectivity index (χ0) is 15.6. The predicted molar refractivity (Wildman–Crippen MR) is 83.7 cm³/mol. The van der Waals surface area contributed by atoms with Gasteiger partial charge in [0.15, 0.2) is 0 Å². The van der Waals surface area contributed by atoms with Gasteiger partial charge in [-0.3, -0.25) is 0 Å². The molecule has 0 atom stereocenters. The van der Waals surface area contributed by atoms with E-state index in [1.165, 1.54) is 12.1 Å². The summed E-state index contributed by atoms with van der Waals surface area (Å²) in [6.07, 6.45) is 1.26. The van der Waals surface area contributed by atoms with Crippen LogP contribution in [0.1, 0.15) is 6.42 Å². The lowest BCUT2D eigenvalue weighted by Crippen LogP contribution is -2.26. The van der Waals surface area contributed by atoms with Crippen molar-refractivity contribution in [1.29, 1.82) is 0 Å². The fraction of sp³-hybridized carbons (Fsp3) is 0.400. The summed E-state index contributed by atoms with van der Waals surface area (Å²) in [5, 5.41) is -0.0278. The zero-order valence-corrected chi connectivity index (χ0v) is 15.1. The van der Waals surface area contributed by atoms with Gasteiger partial charge < -0.3 is 0 Å². The Bertz CT molecular complexity index is 681. The molecule has 0 saturated heterocycles. The highest BCUT2D eigenvalue weighted by Crippen LogP contribution is 2.32. The molecule has 114 valence electrons. The second kappa shape index (κ2) is 6.93. The molecule has 0 unspecified atom stereocenters. The molecule has 0 saturated carbocycles. The van der Waals surface area contributed by atoms with E-state index in [9.17, 15) is 16.8 Å². The van der Waals surface area contributed by atoms with Gasteiger partial charge in [-0.15, -0.1) is 0 Å². The van der Waals surface area contributed by atoms with Crippen LogP contribution in [0, 0.1) is 0 Å². The van der Waals surface area contributed by atoms with Gasteiger partial charge in [-0.05, 0) is 18.6 Å². The van der Waals surface area contributed by atoms with Crippen molar-refractivity contribution in [1.82, 2.24) is 4.72 Å². The van der Waals surface area contributed by atoms with E-state index < -0.39 is 19.9 Å². The third-order valence-corrected chi connectivity index (χ3v) is 6.09. The molecule has 0 radical (unpaired) electrons. The first-order valence-corrected chi connectivity index (χ1v) is 10.4. The van der Waals surface area contributed by atoms with Crippen LogP contribution in [-0.2, 0) is 19.9 Å². The molecule has 0 heterocycles. The van der Waals surface area contributed by atoms with Crippen LogP contribution < -0.4 is 4.72 Å². The Hall–Kier alpha value is 0.140. The number of sulfonamides is 1. The van der Waals surface area contributed by atoms with E-state index in [0.717, 1.165) is 6.26 Å². The summed E-state index contributed by atoms with van der Waals surface area (Å²) in [7, 11) is -7.01. The van der Waals surface area contributed by atoms with E-state index in [1.807, 2.05) is 0 Å². The van der Waals surface area contributed by atoms with E-state index in [2.05, 4.69) is 20.7 Å². The summed E-state index contributed by atoms with van der Waals surface area (Å²) in [4.78, 5) is -0.219. The normalized spacial score (nSPS) is 12.6. The standard InChI is InChI=1S/C10H12BrCl2NO4S2/c1-19(15,16)4-2-3-14-20(17,18)10-8(12)5-7(11)6-9(10)13/h5-6,14H,2-4H2,1H3. The first-order chi connectivity index (χ1) is 9.03. The SMILES string of the molecule is CS(=O)(=O)CCCNS(=O)(=O)c1c(Cl)cc(Br)cc1Cl. The number of hydrogen-bond donors (Lipinski definition) is 1. The van der Waals surface area contributed by atoms with Crippen LogP contribution in [0.5, 0.6) is 0 Å². The summed E-state index contributed by atoms with van der Waals surface area (Å²) in [5.74, 6) is -0.0999. The summed E-state index contributed by atoms with van der Waals surface area (Å²) >= 11 is 14.9. The number of hydrogen-bond acceptors (Lipinski definition) is 4. The maximum absolute atomic E-state index is 12.1. The van der Waals surface area contributed by atoms with Crippen LogP contribution >= 0.6 is 39.1 Å². The van der Waals surface area contributed by atoms with E-state index in [1.54, 1.807) is 0 Å². The minimum absolute atomic E-state index is 0.0139. The molecule has 5 nitrogen and oxygen atoms in total. The molecule has 10 heteroatoms. The van der Waals surface area contributed by atoms with Crippen molar-refractivity contribution in [2.45, 2.75) is 11.3 Å². The monoisotopic (exact) mass is 423 g/mol. The van der Waals surface area contributed by atoms with E-state index in [4.69, 9.17) is 23.2 Å². The third kappa shape index (κ3) is 5.50. The van der Waals surface area contributed by atoms with Crippen molar-refractivity contribution >= 4 is 59.0 Å². The predicted octanol–water partition coefficient (Wildman–Crippen LogP) is 2.47. The molecule has 1 aromatic rings. The number of benzene rings is 1. The quantitative estimate of drug-likeness (QED) is 0.711. The van der Waals surface area contributed by atoms with Crippen molar-refractivity contribution in [3.8, 4) is 0 Å². The summed E-state index contributed by atoms with van der Waals surface area (Å²) in [6.45, 7) is -0.0157. The van der Waals surface area contributed by atoms with Gasteiger partial charge in [0.05, 0.1) is 15.8 Å². The third-order valence-electron chi connectivity index (χ3n) is 2.22. The molecular weight excluding hydrogens is 413 g/mol. The van der Waals surface area contributed by atoms with E-state index in [0.29, 0.717) is 4.47 Å². The van der Waals surface area contributed by atoms with Gasteiger partial charge in [-0.2, -0.15) is 0 Å². The second-order valence-electron chi connectivity index (χ2n) is 4.08. The Labute approximate surface area is 136 Å². The Kier molecular flexibility index (Phi) is 6.31. The average molecular weight is 425 g/mol. The molecule has 0 aromatic heterocycles. The Morgan fingerprint density at radius 3 is 2.10 bits per heavy atom. The van der Waals surface area contributed by atoms with Gasteiger partial charge in [-0.1, -0.05) is 39.1 Å². The van der Waals surface area contributed by atoms with Gasteiger partial charge in [0.2, 0.25) is 10.0 Å². The van der Waals surface area contributed by atoms with Gasteiger partial charge in [0.1, 0.15) is 14.7 Å². The molecular formula is C10H12BrCl2NO4S2. The maximum atomic E-state index is 12.1. The molecule has 1 aromatic carbocycles. The topological polar surface area (TPSA) is 80.3 Å². The summed E-state index contributed by atoms with van der Waals surface area (Å²) in [6, 6.07) is 2.83. The number of nitrogens with one attached hydrogen (secondary N) is 1. The van der Waals surface area contributed by atoms with Crippen LogP contribution in [0.2, 0.25) is 10.0 Å². The highest BCUT2D eigenvalue weighted by Gasteiger charge is 2.22. The van der Waals surface area contributed by atoms with Gasteiger partial charge in [0, 0.05) is 17.3 Å². The smallest absolute Gasteiger partial charge is 0.229 e. The lowest BCUT2D eigenvalue weighted by molar-refractivity contribution is 0.577. The Morgan fingerprint density at radius 2 is 1.65 bits per heavy atom. The fourth-order valence-corrected chi connectivity index (χ4v) is 5.07. The largest absolute Gasteiger partial charge is 0.243 e. The van der Waals surface area contributed by atoms with Gasteiger partial charge >= 0.3 is 0 Å². The van der Waals surface area contributed by atoms with Crippen molar-refractivity contribution < 1.29 is 16.8 Å². The van der Waals surface area contributed by atoms with Crippen LogP contribution in [0.4, 0.5) is 0 Å². The number of halogens is 3. The molecule has 0 aliphatic heterocycles. The Balaban J connectivity index is 2.85. The van der Waals surface area contributed by atoms with Crippen LogP contribution in [0.3, 0.4) is 0 Å². The van der Waals surface area contributed by atoms with Crippen LogP contribution in [-0.4, -0.2) is 35.4 Å². The van der Waals surface area contributed by atoms with E-state index in [-0.39, 0.29) is 33.7 Å². The minimum Gasteiger partial charge on any atom is -0.229 e. The molecule has 0 amide bonds. The average Bonchev–Trinajstić information content (AvgIpc) is 2.21. The molecule has 0 aliphatic carbocycles. The number of sulfone groups is 1. The van der Waals surface area contributed by atoms with Crippen LogP contribution in [0.25, 0.3) is 0 Å². The molecule has 20 heavy (non-hydrogen) atoms. The zero-order valence-electron chi connectivity index (χ0n) is 10.4. The first-order valence-electron chi connectivity index (χ1n) is 5.35. The Morgan fingerprint density at radius 1 is 1.15 bits per heavy atom. The summed E-state index contributed by atoms with van der Waals surface area (Å²) in [5.41, 5.74) is 0. The van der Waals surface area contributed by atoms with Crippen molar-refractivity contribution in [2.75, 3.05) is 18.6 Å². The van der Waals surface area contributed by atoms with Crippen molar-refractivity contribution in [3.05, 3.63) is 26.7 Å².